The van der Waals surface area contributed by atoms with E-state index >= 15 is 0 Å². The highest BCUT2D eigenvalue weighted by Crippen LogP contribution is 2.46. The van der Waals surface area contributed by atoms with Gasteiger partial charge in [0.2, 0.25) is 0 Å². The second-order valence-electron chi connectivity index (χ2n) is 11.8. The van der Waals surface area contributed by atoms with Crippen molar-refractivity contribution in [2.75, 3.05) is 0 Å². The summed E-state index contributed by atoms with van der Waals surface area (Å²) in [6.07, 6.45) is 0. The van der Waals surface area contributed by atoms with Crippen molar-refractivity contribution >= 4 is 95.2 Å². The van der Waals surface area contributed by atoms with Crippen LogP contribution in [0, 0.1) is 0 Å². The molecule has 0 N–H and O–H groups in total. The van der Waals surface area contributed by atoms with Crippen molar-refractivity contribution in [3.8, 4) is 32.7 Å². The summed E-state index contributed by atoms with van der Waals surface area (Å²) in [7, 11) is 0. The Balaban J connectivity index is 1.02. The summed E-state index contributed by atoms with van der Waals surface area (Å²) in [6.45, 7) is 0. The molecule has 3 aromatic heterocycles. The summed E-state index contributed by atoms with van der Waals surface area (Å²) in [5, 5.41) is 9.29. The Kier molecular flexibility index (Phi) is 5.59. The van der Waals surface area contributed by atoms with Crippen molar-refractivity contribution in [3.05, 3.63) is 146 Å². The maximum atomic E-state index is 2.40. The molecule has 3 heteroatoms. The molecular formula is C42H24S3. The van der Waals surface area contributed by atoms with Gasteiger partial charge in [-0.25, -0.2) is 0 Å². The van der Waals surface area contributed by atoms with E-state index in [2.05, 4.69) is 146 Å². The normalized spacial score (nSPS) is 12.0. The van der Waals surface area contributed by atoms with Crippen LogP contribution in [0.2, 0.25) is 0 Å². The topological polar surface area (TPSA) is 0 Å². The zero-order valence-corrected chi connectivity index (χ0v) is 26.5. The molecule has 0 saturated heterocycles. The highest BCUT2D eigenvalue weighted by atomic mass is 32.1. The van der Waals surface area contributed by atoms with Crippen LogP contribution >= 0.6 is 34.0 Å². The molecular weight excluding hydrogens is 601 g/mol. The molecule has 3 heterocycles. The molecule has 210 valence electrons. The highest BCUT2D eigenvalue weighted by molar-refractivity contribution is 7.36. The fraction of sp³-hybridized carbons (Fsp3) is 0. The molecule has 45 heavy (non-hydrogen) atoms. The van der Waals surface area contributed by atoms with E-state index in [4.69, 9.17) is 0 Å². The van der Waals surface area contributed by atoms with E-state index in [1.807, 2.05) is 34.0 Å². The zero-order chi connectivity index (χ0) is 29.5. The fourth-order valence-electron chi connectivity index (χ4n) is 6.69. The number of thiophene rings is 3. The first kappa shape index (κ1) is 25.5. The summed E-state index contributed by atoms with van der Waals surface area (Å²) in [4.78, 5) is 1.31. The Morgan fingerprint density at radius 3 is 1.56 bits per heavy atom. The summed E-state index contributed by atoms with van der Waals surface area (Å²) >= 11 is 5.74. The van der Waals surface area contributed by atoms with Crippen molar-refractivity contribution in [1.29, 1.82) is 0 Å². The van der Waals surface area contributed by atoms with Gasteiger partial charge in [0, 0.05) is 29.7 Å². The van der Waals surface area contributed by atoms with Gasteiger partial charge in [-0.2, -0.15) is 0 Å². The van der Waals surface area contributed by atoms with Crippen LogP contribution in [-0.4, -0.2) is 0 Å². The lowest BCUT2D eigenvalue weighted by Crippen LogP contribution is -1.79. The van der Waals surface area contributed by atoms with E-state index < -0.39 is 0 Å². The average molecular weight is 625 g/mol. The summed E-state index contributed by atoms with van der Waals surface area (Å²) in [5.41, 5.74) is 6.30. The van der Waals surface area contributed by atoms with Gasteiger partial charge in [-0.3, -0.25) is 0 Å². The molecule has 0 aliphatic rings. The van der Waals surface area contributed by atoms with Crippen molar-refractivity contribution in [2.24, 2.45) is 0 Å². The van der Waals surface area contributed by atoms with Crippen molar-refractivity contribution < 1.29 is 0 Å². The van der Waals surface area contributed by atoms with Crippen LogP contribution in [0.3, 0.4) is 0 Å². The number of hydrogen-bond donors (Lipinski definition) is 0. The lowest BCUT2D eigenvalue weighted by molar-refractivity contribution is 1.62. The third-order valence-corrected chi connectivity index (χ3v) is 12.7. The zero-order valence-electron chi connectivity index (χ0n) is 24.1. The molecule has 0 spiro atoms. The van der Waals surface area contributed by atoms with Gasteiger partial charge in [0.05, 0.1) is 9.40 Å². The van der Waals surface area contributed by atoms with Gasteiger partial charge in [-0.1, -0.05) is 97.1 Å². The van der Waals surface area contributed by atoms with Crippen molar-refractivity contribution in [3.63, 3.8) is 0 Å². The maximum Gasteiger partial charge on any atom is 0.0542 e. The molecule has 0 fully saturated rings. The van der Waals surface area contributed by atoms with Crippen LogP contribution < -0.4 is 0 Å². The minimum absolute atomic E-state index is 1.25. The molecule has 0 nitrogen and oxygen atoms in total. The SMILES string of the molecule is c1ccc(-c2ccc(-c3cc4cc(-c5ccc6cc7c(cc6c5)sc5c6cc8ccccc8cc6sc75)ccc4s3)cc2)cc1. The Morgan fingerprint density at radius 2 is 0.822 bits per heavy atom. The van der Waals surface area contributed by atoms with Crippen molar-refractivity contribution in [1.82, 2.24) is 0 Å². The Bertz CT molecular complexity index is 2740. The van der Waals surface area contributed by atoms with Gasteiger partial charge < -0.3 is 0 Å². The molecule has 0 radical (unpaired) electrons. The van der Waals surface area contributed by atoms with Gasteiger partial charge in [-0.05, 0) is 103 Å². The largest absolute Gasteiger partial charge is 0.135 e. The average Bonchev–Trinajstić information content (AvgIpc) is 3.78. The molecule has 7 aromatic carbocycles. The Labute approximate surface area is 272 Å². The Morgan fingerprint density at radius 1 is 0.289 bits per heavy atom. The smallest absolute Gasteiger partial charge is 0.0542 e. The molecule has 0 saturated carbocycles. The Hall–Kier alpha value is -4.80. The third-order valence-electron chi connectivity index (χ3n) is 9.03. The molecule has 0 bridgehead atoms. The van der Waals surface area contributed by atoms with Gasteiger partial charge in [-0.15, -0.1) is 34.0 Å². The second-order valence-corrected chi connectivity index (χ2v) is 15.0. The minimum atomic E-state index is 1.25. The van der Waals surface area contributed by atoms with Gasteiger partial charge in [0.1, 0.15) is 0 Å². The van der Waals surface area contributed by atoms with Gasteiger partial charge in [0.25, 0.3) is 0 Å². The number of benzene rings is 7. The van der Waals surface area contributed by atoms with Crippen LogP contribution in [0.4, 0.5) is 0 Å². The van der Waals surface area contributed by atoms with Crippen LogP contribution in [0.5, 0.6) is 0 Å². The highest BCUT2D eigenvalue weighted by Gasteiger charge is 2.14. The lowest BCUT2D eigenvalue weighted by Gasteiger charge is -2.05. The molecule has 0 unspecified atom stereocenters. The maximum absolute atomic E-state index is 2.40. The predicted octanol–water partition coefficient (Wildman–Crippen LogP) is 13.8. The monoisotopic (exact) mass is 624 g/mol. The summed E-state index contributed by atoms with van der Waals surface area (Å²) in [6, 6.07) is 54.0. The van der Waals surface area contributed by atoms with Gasteiger partial charge in [0.15, 0.2) is 0 Å². The predicted molar refractivity (Wildman–Crippen MR) is 201 cm³/mol. The quantitative estimate of drug-likeness (QED) is 0.183. The van der Waals surface area contributed by atoms with E-state index in [0.717, 1.165) is 0 Å². The first-order valence-electron chi connectivity index (χ1n) is 15.1. The number of rotatable bonds is 3. The fourth-order valence-corrected chi connectivity index (χ4v) is 10.4. The van der Waals surface area contributed by atoms with Crippen molar-refractivity contribution in [2.45, 2.75) is 0 Å². The van der Waals surface area contributed by atoms with E-state index in [0.29, 0.717) is 0 Å². The molecule has 0 aliphatic heterocycles. The van der Waals surface area contributed by atoms with Crippen LogP contribution in [0.1, 0.15) is 0 Å². The molecule has 10 rings (SSSR count). The number of fused-ring (bicyclic) bond motifs is 8. The second kappa shape index (κ2) is 9.85. The van der Waals surface area contributed by atoms with Crippen LogP contribution in [0.15, 0.2) is 146 Å². The first-order valence-corrected chi connectivity index (χ1v) is 17.6. The number of hydrogen-bond acceptors (Lipinski definition) is 3. The minimum Gasteiger partial charge on any atom is -0.135 e. The van der Waals surface area contributed by atoms with Gasteiger partial charge >= 0.3 is 0 Å². The molecule has 0 atom stereocenters. The molecule has 0 amide bonds. The standard InChI is InChI=1S/C42H24S3/c1-2-6-25(7-3-1)26-10-12-27(13-11-26)38-24-34-19-31(16-17-37(34)43-38)30-14-15-32-21-36-40(23-33(32)18-30)45-41-35-20-28-8-4-5-9-29(28)22-39(35)44-42(36)41/h1-24H. The van der Waals surface area contributed by atoms with Crippen LogP contribution in [0.25, 0.3) is 93.9 Å². The van der Waals surface area contributed by atoms with E-state index in [9.17, 15) is 0 Å². The van der Waals surface area contributed by atoms with Crippen LogP contribution in [-0.2, 0) is 0 Å². The lowest BCUT2D eigenvalue weighted by atomic mass is 9.99. The van der Waals surface area contributed by atoms with E-state index in [1.165, 1.54) is 93.9 Å². The van der Waals surface area contributed by atoms with E-state index in [1.54, 1.807) is 0 Å². The first-order chi connectivity index (χ1) is 22.2. The van der Waals surface area contributed by atoms with E-state index in [-0.39, 0.29) is 0 Å². The third kappa shape index (κ3) is 4.16. The summed E-state index contributed by atoms with van der Waals surface area (Å²) in [5.74, 6) is 0. The molecule has 10 aromatic rings. The summed E-state index contributed by atoms with van der Waals surface area (Å²) < 4.78 is 6.90. The molecule has 0 aliphatic carbocycles.